The Morgan fingerprint density at radius 2 is 2.20 bits per heavy atom. The van der Waals surface area contributed by atoms with Crippen LogP contribution in [0.1, 0.15) is 21.0 Å². The molecule has 15 heavy (non-hydrogen) atoms. The van der Waals surface area contributed by atoms with E-state index < -0.39 is 0 Å². The first kappa shape index (κ1) is 11.1. The second-order valence-corrected chi connectivity index (χ2v) is 6.22. The fraction of sp³-hybridized carbons (Fsp3) is 0.100. The van der Waals surface area contributed by atoms with Crippen molar-refractivity contribution in [3.8, 4) is 0 Å². The van der Waals surface area contributed by atoms with Gasteiger partial charge in [0.2, 0.25) is 5.78 Å². The number of aryl methyl sites for hydroxylation is 1. The van der Waals surface area contributed by atoms with Crippen molar-refractivity contribution < 1.29 is 9.21 Å². The topological polar surface area (TPSA) is 30.2 Å². The third-order valence-corrected chi connectivity index (χ3v) is 5.19. The van der Waals surface area contributed by atoms with E-state index in [-0.39, 0.29) is 5.78 Å². The lowest BCUT2D eigenvalue weighted by Gasteiger charge is -1.93. The quantitative estimate of drug-likeness (QED) is 0.752. The molecule has 0 bridgehead atoms. The molecule has 0 aliphatic rings. The summed E-state index contributed by atoms with van der Waals surface area (Å²) in [4.78, 5) is 12.6. The van der Waals surface area contributed by atoms with Gasteiger partial charge in [0.15, 0.2) is 5.76 Å². The summed E-state index contributed by atoms with van der Waals surface area (Å²) in [7, 11) is 0. The Labute approximate surface area is 108 Å². The molecule has 0 radical (unpaired) electrons. The zero-order chi connectivity index (χ0) is 11.0. The summed E-state index contributed by atoms with van der Waals surface area (Å²) < 4.78 is 6.96. The number of hydrogen-bond acceptors (Lipinski definition) is 3. The second-order valence-electron chi connectivity index (χ2n) is 2.99. The van der Waals surface area contributed by atoms with Gasteiger partial charge in [-0.2, -0.15) is 0 Å². The summed E-state index contributed by atoms with van der Waals surface area (Å²) in [6, 6.07) is 3.57. The Kier molecular flexibility index (Phi) is 3.13. The molecule has 2 rings (SSSR count). The second kappa shape index (κ2) is 4.23. The largest absolute Gasteiger partial charge is 0.461 e. The van der Waals surface area contributed by atoms with E-state index in [4.69, 9.17) is 4.42 Å². The summed E-state index contributed by atoms with van der Waals surface area (Å²) >= 11 is 8.09. The molecule has 0 aliphatic heterocycles. The van der Waals surface area contributed by atoms with Crippen LogP contribution in [0.25, 0.3) is 0 Å². The van der Waals surface area contributed by atoms with Gasteiger partial charge in [0, 0.05) is 4.47 Å². The van der Waals surface area contributed by atoms with E-state index in [0.29, 0.717) is 10.6 Å². The maximum absolute atomic E-state index is 12.0. The number of thiophene rings is 1. The number of carbonyl (C=O) groups is 1. The van der Waals surface area contributed by atoms with E-state index in [1.807, 2.05) is 6.92 Å². The molecule has 2 aromatic heterocycles. The van der Waals surface area contributed by atoms with E-state index in [1.165, 1.54) is 17.6 Å². The van der Waals surface area contributed by atoms with Crippen molar-refractivity contribution in [1.29, 1.82) is 0 Å². The Morgan fingerprint density at radius 3 is 2.67 bits per heavy atom. The number of furan rings is 1. The van der Waals surface area contributed by atoms with Gasteiger partial charge in [0.25, 0.3) is 0 Å². The smallest absolute Gasteiger partial charge is 0.238 e. The van der Waals surface area contributed by atoms with Gasteiger partial charge >= 0.3 is 0 Å². The molecule has 78 valence electrons. The number of halogens is 2. The van der Waals surface area contributed by atoms with Crippen LogP contribution in [0.15, 0.2) is 31.1 Å². The lowest BCUT2D eigenvalue weighted by Crippen LogP contribution is -1.98. The predicted molar refractivity (Wildman–Crippen MR) is 66.6 cm³/mol. The number of carbonyl (C=O) groups excluding carboxylic acids is 1. The molecule has 0 amide bonds. The van der Waals surface area contributed by atoms with Crippen molar-refractivity contribution in [3.63, 3.8) is 0 Å². The van der Waals surface area contributed by atoms with Gasteiger partial charge in [-0.1, -0.05) is 0 Å². The fourth-order valence-electron chi connectivity index (χ4n) is 1.18. The summed E-state index contributed by atoms with van der Waals surface area (Å²) in [5.41, 5.74) is 0.862. The minimum Gasteiger partial charge on any atom is -0.461 e. The van der Waals surface area contributed by atoms with Crippen molar-refractivity contribution in [2.75, 3.05) is 0 Å². The molecule has 2 nitrogen and oxygen atoms in total. The monoisotopic (exact) mass is 348 g/mol. The van der Waals surface area contributed by atoms with E-state index in [1.54, 1.807) is 12.1 Å². The zero-order valence-corrected chi connectivity index (χ0v) is 11.7. The van der Waals surface area contributed by atoms with Gasteiger partial charge in [-0.05, 0) is 56.5 Å². The van der Waals surface area contributed by atoms with Crippen LogP contribution in [-0.2, 0) is 0 Å². The lowest BCUT2D eigenvalue weighted by molar-refractivity contribution is 0.101. The number of hydrogen-bond donors (Lipinski definition) is 0. The molecule has 0 saturated heterocycles. The van der Waals surface area contributed by atoms with Crippen LogP contribution in [0.2, 0.25) is 0 Å². The highest BCUT2D eigenvalue weighted by atomic mass is 79.9. The third kappa shape index (κ3) is 2.09. The first-order valence-corrected chi connectivity index (χ1v) is 6.53. The van der Waals surface area contributed by atoms with Crippen LogP contribution in [-0.4, -0.2) is 5.78 Å². The van der Waals surface area contributed by atoms with E-state index in [0.717, 1.165) is 13.8 Å². The highest BCUT2D eigenvalue weighted by Crippen LogP contribution is 2.33. The Balaban J connectivity index is 2.41. The molecule has 0 N–H and O–H groups in total. The number of ketones is 1. The molecule has 0 aliphatic carbocycles. The molecule has 0 spiro atoms. The highest BCUT2D eigenvalue weighted by molar-refractivity contribution is 9.13. The van der Waals surface area contributed by atoms with Gasteiger partial charge < -0.3 is 4.42 Å². The van der Waals surface area contributed by atoms with Crippen molar-refractivity contribution >= 4 is 49.0 Å². The molecule has 0 unspecified atom stereocenters. The summed E-state index contributed by atoms with van der Waals surface area (Å²) in [5, 5.41) is 0. The van der Waals surface area contributed by atoms with Crippen molar-refractivity contribution in [1.82, 2.24) is 0 Å². The van der Waals surface area contributed by atoms with Gasteiger partial charge in [-0.15, -0.1) is 11.3 Å². The van der Waals surface area contributed by atoms with Gasteiger partial charge in [0.05, 0.1) is 14.9 Å². The molecular formula is C10H6Br2O2S. The van der Waals surface area contributed by atoms with Gasteiger partial charge in [-0.25, -0.2) is 0 Å². The lowest BCUT2D eigenvalue weighted by atomic mass is 10.2. The van der Waals surface area contributed by atoms with Crippen LogP contribution in [0.5, 0.6) is 0 Å². The molecule has 0 saturated carbocycles. The molecule has 0 fully saturated rings. The maximum atomic E-state index is 12.0. The molecule has 0 aromatic carbocycles. The van der Waals surface area contributed by atoms with Crippen LogP contribution in [0.4, 0.5) is 0 Å². The van der Waals surface area contributed by atoms with Gasteiger partial charge in [-0.3, -0.25) is 4.79 Å². The van der Waals surface area contributed by atoms with E-state index in [9.17, 15) is 4.79 Å². The average Bonchev–Trinajstić information content (AvgIpc) is 2.74. The third-order valence-electron chi connectivity index (χ3n) is 1.94. The zero-order valence-electron chi connectivity index (χ0n) is 7.71. The standard InChI is InChI=1S/C10H6Br2O2S/c1-5-2-3-14-9(5)8(13)7-4-6(11)10(12)15-7/h2-4H,1H3. The predicted octanol–water partition coefficient (Wildman–Crippen LogP) is 4.41. The first-order chi connectivity index (χ1) is 7.09. The van der Waals surface area contributed by atoms with E-state index >= 15 is 0 Å². The Morgan fingerprint density at radius 1 is 1.47 bits per heavy atom. The van der Waals surface area contributed by atoms with E-state index in [2.05, 4.69) is 31.9 Å². The summed E-state index contributed by atoms with van der Waals surface area (Å²) in [6.07, 6.45) is 1.53. The molecular weight excluding hydrogens is 344 g/mol. The highest BCUT2D eigenvalue weighted by Gasteiger charge is 2.18. The summed E-state index contributed by atoms with van der Waals surface area (Å²) in [6.45, 7) is 1.86. The molecule has 2 aromatic rings. The number of rotatable bonds is 2. The van der Waals surface area contributed by atoms with Crippen LogP contribution < -0.4 is 0 Å². The first-order valence-electron chi connectivity index (χ1n) is 4.13. The normalized spacial score (nSPS) is 10.6. The minimum atomic E-state index is -0.0751. The molecule has 0 atom stereocenters. The van der Waals surface area contributed by atoms with Crippen molar-refractivity contribution in [2.24, 2.45) is 0 Å². The molecule has 2 heterocycles. The Bertz CT molecular complexity index is 494. The SMILES string of the molecule is Cc1ccoc1C(=O)c1cc(Br)c(Br)s1. The van der Waals surface area contributed by atoms with Crippen LogP contribution in [0, 0.1) is 6.92 Å². The van der Waals surface area contributed by atoms with Gasteiger partial charge in [0.1, 0.15) is 0 Å². The molecule has 5 heteroatoms. The maximum Gasteiger partial charge on any atom is 0.238 e. The average molecular weight is 350 g/mol. The summed E-state index contributed by atoms with van der Waals surface area (Å²) in [5.74, 6) is 0.338. The Hall–Kier alpha value is -0.390. The van der Waals surface area contributed by atoms with Crippen molar-refractivity contribution in [2.45, 2.75) is 6.92 Å². The minimum absolute atomic E-state index is 0.0751. The van der Waals surface area contributed by atoms with Crippen molar-refractivity contribution in [3.05, 3.63) is 42.9 Å². The fourth-order valence-corrected chi connectivity index (χ4v) is 3.15. The van der Waals surface area contributed by atoms with Crippen LogP contribution >= 0.6 is 43.2 Å². The van der Waals surface area contributed by atoms with Crippen LogP contribution in [0.3, 0.4) is 0 Å².